The average Bonchev–Trinajstić information content (AvgIpc) is 2.39. The Hall–Kier alpha value is -1.46. The van der Waals surface area contributed by atoms with Crippen LogP contribution in [0.4, 0.5) is 8.78 Å². The van der Waals surface area contributed by atoms with Crippen molar-refractivity contribution in [2.75, 3.05) is 0 Å². The van der Waals surface area contributed by atoms with Gasteiger partial charge >= 0.3 is 0 Å². The van der Waals surface area contributed by atoms with Gasteiger partial charge in [0.1, 0.15) is 23.5 Å². The molecule has 2 N–H and O–H groups in total. The number of benzene rings is 2. The predicted octanol–water partition coefficient (Wildman–Crippen LogP) is 4.19. The van der Waals surface area contributed by atoms with Gasteiger partial charge in [0.05, 0.1) is 4.47 Å². The van der Waals surface area contributed by atoms with E-state index in [0.29, 0.717) is 15.8 Å². The summed E-state index contributed by atoms with van der Waals surface area (Å²) in [6, 6.07) is 9.77. The molecule has 0 heterocycles. The zero-order chi connectivity index (χ0) is 14.7. The lowest BCUT2D eigenvalue weighted by atomic mass is 10.0. The first-order valence-corrected chi connectivity index (χ1v) is 6.89. The normalized spacial score (nSPS) is 13.8. The minimum Gasteiger partial charge on any atom is -0.483 e. The van der Waals surface area contributed by atoms with Crippen molar-refractivity contribution in [2.24, 2.45) is 5.73 Å². The Kier molecular flexibility index (Phi) is 4.73. The molecule has 0 spiro atoms. The fourth-order valence-electron chi connectivity index (χ4n) is 1.87. The molecular weight excluding hydrogens is 328 g/mol. The first kappa shape index (κ1) is 14.9. The van der Waals surface area contributed by atoms with Crippen molar-refractivity contribution < 1.29 is 13.5 Å². The lowest BCUT2D eigenvalue weighted by Gasteiger charge is -2.23. The first-order chi connectivity index (χ1) is 9.47. The predicted molar refractivity (Wildman–Crippen MR) is 77.5 cm³/mol. The third-order valence-corrected chi connectivity index (χ3v) is 3.46. The Labute approximate surface area is 124 Å². The molecule has 0 fully saturated rings. The van der Waals surface area contributed by atoms with Gasteiger partial charge in [0, 0.05) is 12.1 Å². The summed E-state index contributed by atoms with van der Waals surface area (Å²) < 4.78 is 32.9. The third kappa shape index (κ3) is 3.55. The lowest BCUT2D eigenvalue weighted by molar-refractivity contribution is 0.178. The quantitative estimate of drug-likeness (QED) is 0.904. The largest absolute Gasteiger partial charge is 0.483 e. The Morgan fingerprint density at radius 2 is 1.80 bits per heavy atom. The molecule has 106 valence electrons. The van der Waals surface area contributed by atoms with Crippen LogP contribution in [0.25, 0.3) is 0 Å². The van der Waals surface area contributed by atoms with E-state index in [0.717, 1.165) is 0 Å². The van der Waals surface area contributed by atoms with Crippen molar-refractivity contribution in [3.8, 4) is 5.75 Å². The van der Waals surface area contributed by atoms with Gasteiger partial charge in [-0.3, -0.25) is 0 Å². The SMILES string of the molecule is CC(N)C(Oc1cc(F)ccc1Br)c1cccc(F)c1. The Morgan fingerprint density at radius 1 is 1.10 bits per heavy atom. The Balaban J connectivity index is 2.33. The zero-order valence-corrected chi connectivity index (χ0v) is 12.4. The zero-order valence-electron chi connectivity index (χ0n) is 10.8. The summed E-state index contributed by atoms with van der Waals surface area (Å²) in [7, 11) is 0. The number of hydrogen-bond acceptors (Lipinski definition) is 2. The summed E-state index contributed by atoms with van der Waals surface area (Å²) in [6.07, 6.45) is -0.566. The van der Waals surface area contributed by atoms with Crippen molar-refractivity contribution in [1.82, 2.24) is 0 Å². The number of rotatable bonds is 4. The molecule has 0 saturated heterocycles. The highest BCUT2D eigenvalue weighted by Crippen LogP contribution is 2.31. The molecule has 2 unspecified atom stereocenters. The van der Waals surface area contributed by atoms with Crippen LogP contribution in [0, 0.1) is 11.6 Å². The molecule has 2 nitrogen and oxygen atoms in total. The van der Waals surface area contributed by atoms with E-state index in [1.165, 1.54) is 24.3 Å². The van der Waals surface area contributed by atoms with E-state index in [2.05, 4.69) is 15.9 Å². The van der Waals surface area contributed by atoms with Gasteiger partial charge in [0.25, 0.3) is 0 Å². The van der Waals surface area contributed by atoms with E-state index in [1.54, 1.807) is 25.1 Å². The van der Waals surface area contributed by atoms with Crippen molar-refractivity contribution in [3.05, 3.63) is 64.1 Å². The minimum absolute atomic E-state index is 0.330. The van der Waals surface area contributed by atoms with E-state index < -0.39 is 11.9 Å². The second kappa shape index (κ2) is 6.33. The summed E-state index contributed by atoms with van der Waals surface area (Å²) in [4.78, 5) is 0. The van der Waals surface area contributed by atoms with E-state index in [9.17, 15) is 8.78 Å². The van der Waals surface area contributed by atoms with E-state index in [-0.39, 0.29) is 11.9 Å². The van der Waals surface area contributed by atoms with E-state index >= 15 is 0 Å². The van der Waals surface area contributed by atoms with Crippen molar-refractivity contribution >= 4 is 15.9 Å². The third-order valence-electron chi connectivity index (χ3n) is 2.80. The first-order valence-electron chi connectivity index (χ1n) is 6.10. The van der Waals surface area contributed by atoms with Crippen LogP contribution >= 0.6 is 15.9 Å². The topological polar surface area (TPSA) is 35.2 Å². The second-order valence-electron chi connectivity index (χ2n) is 4.53. The molecule has 5 heteroatoms. The summed E-state index contributed by atoms with van der Waals surface area (Å²) in [5.74, 6) is -0.447. The molecule has 0 aliphatic carbocycles. The highest BCUT2D eigenvalue weighted by Gasteiger charge is 2.20. The van der Waals surface area contributed by atoms with Crippen molar-refractivity contribution in [1.29, 1.82) is 0 Å². The molecule has 0 aliphatic rings. The fraction of sp³-hybridized carbons (Fsp3) is 0.200. The van der Waals surface area contributed by atoms with Gasteiger partial charge in [-0.15, -0.1) is 0 Å². The molecule has 2 aromatic rings. The number of nitrogens with two attached hydrogens (primary N) is 1. The molecule has 0 radical (unpaired) electrons. The Morgan fingerprint density at radius 3 is 2.45 bits per heavy atom. The van der Waals surface area contributed by atoms with Crippen molar-refractivity contribution in [3.63, 3.8) is 0 Å². The molecule has 2 aromatic carbocycles. The van der Waals surface area contributed by atoms with Gasteiger partial charge in [0.2, 0.25) is 0 Å². The van der Waals surface area contributed by atoms with E-state index in [1.807, 2.05) is 0 Å². The van der Waals surface area contributed by atoms with Crippen LogP contribution < -0.4 is 10.5 Å². The molecule has 2 rings (SSSR count). The van der Waals surface area contributed by atoms with Gasteiger partial charge in [-0.2, -0.15) is 0 Å². The van der Waals surface area contributed by atoms with Crippen LogP contribution in [-0.2, 0) is 0 Å². The van der Waals surface area contributed by atoms with E-state index in [4.69, 9.17) is 10.5 Å². The van der Waals surface area contributed by atoms with Gasteiger partial charge in [-0.25, -0.2) is 8.78 Å². The smallest absolute Gasteiger partial charge is 0.139 e. The molecule has 0 aromatic heterocycles. The molecule has 0 amide bonds. The summed E-state index contributed by atoms with van der Waals surface area (Å²) in [5.41, 5.74) is 6.51. The fourth-order valence-corrected chi connectivity index (χ4v) is 2.21. The summed E-state index contributed by atoms with van der Waals surface area (Å²) >= 11 is 3.29. The molecular formula is C15H14BrF2NO. The maximum Gasteiger partial charge on any atom is 0.139 e. The maximum absolute atomic E-state index is 13.3. The monoisotopic (exact) mass is 341 g/mol. The van der Waals surface area contributed by atoms with Gasteiger partial charge < -0.3 is 10.5 Å². The number of hydrogen-bond donors (Lipinski definition) is 1. The van der Waals surface area contributed by atoms with Gasteiger partial charge in [0.15, 0.2) is 0 Å². The summed E-state index contributed by atoms with van der Waals surface area (Å²) in [6.45, 7) is 1.75. The van der Waals surface area contributed by atoms with Crippen LogP contribution in [0.1, 0.15) is 18.6 Å². The number of halogens is 3. The van der Waals surface area contributed by atoms with Gasteiger partial charge in [-0.1, -0.05) is 12.1 Å². The van der Waals surface area contributed by atoms with Crippen LogP contribution in [0.15, 0.2) is 46.9 Å². The average molecular weight is 342 g/mol. The lowest BCUT2D eigenvalue weighted by Crippen LogP contribution is -2.29. The molecule has 20 heavy (non-hydrogen) atoms. The minimum atomic E-state index is -0.566. The van der Waals surface area contributed by atoms with Crippen LogP contribution in [0.5, 0.6) is 5.75 Å². The highest BCUT2D eigenvalue weighted by molar-refractivity contribution is 9.10. The maximum atomic E-state index is 13.3. The second-order valence-corrected chi connectivity index (χ2v) is 5.38. The van der Waals surface area contributed by atoms with Crippen LogP contribution in [-0.4, -0.2) is 6.04 Å². The van der Waals surface area contributed by atoms with Crippen molar-refractivity contribution in [2.45, 2.75) is 19.1 Å². The Bertz CT molecular complexity index is 604. The molecule has 0 saturated carbocycles. The highest BCUT2D eigenvalue weighted by atomic mass is 79.9. The van der Waals surface area contributed by atoms with Crippen LogP contribution in [0.2, 0.25) is 0 Å². The standard InChI is InChI=1S/C15H14BrF2NO/c1-9(19)15(10-3-2-4-11(17)7-10)20-14-8-12(18)5-6-13(14)16/h2-9,15H,19H2,1H3. The molecule has 0 bridgehead atoms. The number of ether oxygens (including phenoxy) is 1. The van der Waals surface area contributed by atoms with Gasteiger partial charge in [-0.05, 0) is 52.7 Å². The molecule has 0 aliphatic heterocycles. The van der Waals surface area contributed by atoms with Crippen LogP contribution in [0.3, 0.4) is 0 Å². The molecule has 2 atom stereocenters. The summed E-state index contributed by atoms with van der Waals surface area (Å²) in [5, 5.41) is 0.